The van der Waals surface area contributed by atoms with Crippen molar-refractivity contribution in [3.05, 3.63) is 17.0 Å². The topological polar surface area (TPSA) is 67.2 Å². The van der Waals surface area contributed by atoms with Crippen molar-refractivity contribution >= 4 is 5.91 Å². The second-order valence-corrected chi connectivity index (χ2v) is 3.86. The lowest BCUT2D eigenvalue weighted by atomic mass is 10.1. The number of hydrogen-bond acceptors (Lipinski definition) is 4. The van der Waals surface area contributed by atoms with Crippen LogP contribution in [0.2, 0.25) is 0 Å². The molecule has 1 aliphatic rings. The standard InChI is InChI=1S/C10H15N3O2/c1-6-9(7(2)15-13-6)10(14)12-8-3-4-11-5-8/h8,11H,3-5H2,1-2H3,(H,12,14)/t8-/m1/s1. The molecule has 1 saturated heterocycles. The molecule has 0 radical (unpaired) electrons. The van der Waals surface area contributed by atoms with E-state index in [0.717, 1.165) is 19.5 Å². The highest BCUT2D eigenvalue weighted by Crippen LogP contribution is 2.12. The van der Waals surface area contributed by atoms with Crippen molar-refractivity contribution in [1.82, 2.24) is 15.8 Å². The van der Waals surface area contributed by atoms with Gasteiger partial charge in [-0.3, -0.25) is 4.79 Å². The van der Waals surface area contributed by atoms with E-state index in [2.05, 4.69) is 15.8 Å². The van der Waals surface area contributed by atoms with Crippen molar-refractivity contribution in [3.63, 3.8) is 0 Å². The van der Waals surface area contributed by atoms with E-state index in [1.807, 2.05) is 0 Å². The second kappa shape index (κ2) is 4.02. The summed E-state index contributed by atoms with van der Waals surface area (Å²) in [6, 6.07) is 0.228. The highest BCUT2D eigenvalue weighted by molar-refractivity contribution is 5.96. The number of aryl methyl sites for hydroxylation is 2. The van der Waals surface area contributed by atoms with Gasteiger partial charge < -0.3 is 15.2 Å². The van der Waals surface area contributed by atoms with Crippen LogP contribution < -0.4 is 10.6 Å². The van der Waals surface area contributed by atoms with E-state index in [-0.39, 0.29) is 11.9 Å². The predicted octanol–water partition coefficient (Wildman–Crippen LogP) is 0.383. The highest BCUT2D eigenvalue weighted by Gasteiger charge is 2.22. The zero-order chi connectivity index (χ0) is 10.8. The lowest BCUT2D eigenvalue weighted by Crippen LogP contribution is -2.36. The SMILES string of the molecule is Cc1noc(C)c1C(=O)N[C@@H]1CCNC1. The zero-order valence-electron chi connectivity index (χ0n) is 8.96. The predicted molar refractivity (Wildman–Crippen MR) is 54.7 cm³/mol. The van der Waals surface area contributed by atoms with Crippen molar-refractivity contribution in [2.45, 2.75) is 26.3 Å². The molecule has 1 atom stereocenters. The normalized spacial score (nSPS) is 20.5. The van der Waals surface area contributed by atoms with E-state index < -0.39 is 0 Å². The van der Waals surface area contributed by atoms with Crippen molar-refractivity contribution in [2.24, 2.45) is 0 Å². The maximum Gasteiger partial charge on any atom is 0.257 e. The Labute approximate surface area is 88.2 Å². The molecule has 5 heteroatoms. The number of carbonyl (C=O) groups excluding carboxylic acids is 1. The second-order valence-electron chi connectivity index (χ2n) is 3.86. The summed E-state index contributed by atoms with van der Waals surface area (Å²) in [5, 5.41) is 9.92. The Kier molecular flexibility index (Phi) is 2.73. The maximum absolute atomic E-state index is 11.9. The first-order valence-electron chi connectivity index (χ1n) is 5.13. The average Bonchev–Trinajstić information content (AvgIpc) is 2.77. The summed E-state index contributed by atoms with van der Waals surface area (Å²) in [5.41, 5.74) is 1.22. The number of amides is 1. The summed E-state index contributed by atoms with van der Waals surface area (Å²) in [7, 11) is 0. The van der Waals surface area contributed by atoms with Gasteiger partial charge in [0.05, 0.1) is 5.69 Å². The molecular formula is C10H15N3O2. The van der Waals surface area contributed by atoms with Crippen molar-refractivity contribution in [2.75, 3.05) is 13.1 Å². The fourth-order valence-corrected chi connectivity index (χ4v) is 1.84. The monoisotopic (exact) mass is 209 g/mol. The summed E-state index contributed by atoms with van der Waals surface area (Å²) in [5.74, 6) is 0.496. The molecular weight excluding hydrogens is 194 g/mol. The van der Waals surface area contributed by atoms with Crippen LogP contribution in [0.15, 0.2) is 4.52 Å². The molecule has 0 aliphatic carbocycles. The molecule has 1 aliphatic heterocycles. The zero-order valence-corrected chi connectivity index (χ0v) is 8.96. The lowest BCUT2D eigenvalue weighted by Gasteiger charge is -2.10. The summed E-state index contributed by atoms with van der Waals surface area (Å²) < 4.78 is 4.95. The van der Waals surface area contributed by atoms with E-state index in [1.165, 1.54) is 0 Å². The minimum absolute atomic E-state index is 0.0834. The lowest BCUT2D eigenvalue weighted by molar-refractivity contribution is 0.0938. The van der Waals surface area contributed by atoms with Crippen molar-refractivity contribution in [3.8, 4) is 0 Å². The Morgan fingerprint density at radius 1 is 1.60 bits per heavy atom. The number of aromatic nitrogens is 1. The van der Waals surface area contributed by atoms with Gasteiger partial charge >= 0.3 is 0 Å². The van der Waals surface area contributed by atoms with Gasteiger partial charge in [-0.1, -0.05) is 5.16 Å². The summed E-state index contributed by atoms with van der Waals surface area (Å²) in [4.78, 5) is 11.9. The molecule has 82 valence electrons. The van der Waals surface area contributed by atoms with E-state index in [4.69, 9.17) is 4.52 Å². The van der Waals surface area contributed by atoms with Gasteiger partial charge in [0.15, 0.2) is 0 Å². The molecule has 2 heterocycles. The fraction of sp³-hybridized carbons (Fsp3) is 0.600. The quantitative estimate of drug-likeness (QED) is 0.739. The Bertz CT molecular complexity index is 347. The summed E-state index contributed by atoms with van der Waals surface area (Å²) >= 11 is 0. The maximum atomic E-state index is 11.9. The Morgan fingerprint density at radius 3 is 2.93 bits per heavy atom. The molecule has 5 nitrogen and oxygen atoms in total. The van der Waals surface area contributed by atoms with Gasteiger partial charge in [-0.2, -0.15) is 0 Å². The Hall–Kier alpha value is -1.36. The third kappa shape index (κ3) is 2.02. The van der Waals surface area contributed by atoms with Crippen LogP contribution in [0.25, 0.3) is 0 Å². The van der Waals surface area contributed by atoms with Crippen molar-refractivity contribution in [1.29, 1.82) is 0 Å². The van der Waals surface area contributed by atoms with Gasteiger partial charge in [-0.15, -0.1) is 0 Å². The third-order valence-electron chi connectivity index (χ3n) is 2.66. The van der Waals surface area contributed by atoms with Gasteiger partial charge in [0.1, 0.15) is 11.3 Å². The molecule has 1 fully saturated rings. The molecule has 0 aromatic carbocycles. The van der Waals surface area contributed by atoms with E-state index in [9.17, 15) is 4.79 Å². The van der Waals surface area contributed by atoms with Crippen LogP contribution in [0.5, 0.6) is 0 Å². The van der Waals surface area contributed by atoms with E-state index >= 15 is 0 Å². The molecule has 2 rings (SSSR count). The van der Waals surface area contributed by atoms with Crippen LogP contribution in [0.4, 0.5) is 0 Å². The van der Waals surface area contributed by atoms with Gasteiger partial charge in [-0.05, 0) is 26.8 Å². The number of nitrogens with one attached hydrogen (secondary N) is 2. The third-order valence-corrected chi connectivity index (χ3v) is 2.66. The van der Waals surface area contributed by atoms with Gasteiger partial charge in [-0.25, -0.2) is 0 Å². The minimum Gasteiger partial charge on any atom is -0.361 e. The van der Waals surface area contributed by atoms with E-state index in [0.29, 0.717) is 17.0 Å². The van der Waals surface area contributed by atoms with Crippen LogP contribution in [0.1, 0.15) is 28.2 Å². The van der Waals surface area contributed by atoms with Crippen LogP contribution in [-0.4, -0.2) is 30.2 Å². The minimum atomic E-state index is -0.0834. The molecule has 2 N–H and O–H groups in total. The molecule has 15 heavy (non-hydrogen) atoms. The van der Waals surface area contributed by atoms with Crippen LogP contribution in [0, 0.1) is 13.8 Å². The average molecular weight is 209 g/mol. The molecule has 1 aromatic rings. The largest absolute Gasteiger partial charge is 0.361 e. The molecule has 0 bridgehead atoms. The van der Waals surface area contributed by atoms with Crippen LogP contribution in [-0.2, 0) is 0 Å². The van der Waals surface area contributed by atoms with Crippen molar-refractivity contribution < 1.29 is 9.32 Å². The summed E-state index contributed by atoms with van der Waals surface area (Å²) in [6.45, 7) is 5.34. The first-order valence-corrected chi connectivity index (χ1v) is 5.13. The smallest absolute Gasteiger partial charge is 0.257 e. The molecule has 0 saturated carbocycles. The highest BCUT2D eigenvalue weighted by atomic mass is 16.5. The Morgan fingerprint density at radius 2 is 2.40 bits per heavy atom. The molecule has 1 amide bonds. The number of rotatable bonds is 2. The number of nitrogens with zero attached hydrogens (tertiary/aromatic N) is 1. The van der Waals surface area contributed by atoms with Gasteiger partial charge in [0, 0.05) is 12.6 Å². The van der Waals surface area contributed by atoms with Crippen LogP contribution in [0.3, 0.4) is 0 Å². The number of hydrogen-bond donors (Lipinski definition) is 2. The molecule has 1 aromatic heterocycles. The summed E-state index contributed by atoms with van der Waals surface area (Å²) in [6.07, 6.45) is 0.981. The van der Waals surface area contributed by atoms with Gasteiger partial charge in [0.25, 0.3) is 5.91 Å². The first-order chi connectivity index (χ1) is 7.18. The Balaban J connectivity index is 2.07. The molecule has 0 unspecified atom stereocenters. The fourth-order valence-electron chi connectivity index (χ4n) is 1.84. The first kappa shape index (κ1) is 10.2. The van der Waals surface area contributed by atoms with Gasteiger partial charge in [0.2, 0.25) is 0 Å². The molecule has 0 spiro atoms. The van der Waals surface area contributed by atoms with Crippen LogP contribution >= 0.6 is 0 Å². The number of carbonyl (C=O) groups is 1. The van der Waals surface area contributed by atoms with E-state index in [1.54, 1.807) is 13.8 Å².